The second kappa shape index (κ2) is 4.99. The predicted molar refractivity (Wildman–Crippen MR) is 53.0 cm³/mol. The van der Waals surface area contributed by atoms with E-state index in [1.807, 2.05) is 0 Å². The molecule has 58 valence electrons. The maximum atomic E-state index is 3.79. The maximum absolute atomic E-state index is 3.79. The molecule has 10 heavy (non-hydrogen) atoms. The van der Waals surface area contributed by atoms with Crippen LogP contribution in [0, 0.1) is 0 Å². The summed E-state index contributed by atoms with van der Waals surface area (Å²) in [6, 6.07) is 0. The normalized spacial score (nSPS) is 23.4. The molecule has 1 saturated carbocycles. The summed E-state index contributed by atoms with van der Waals surface area (Å²) in [6.45, 7) is 2.28. The fourth-order valence-corrected chi connectivity index (χ4v) is 2.10. The van der Waals surface area contributed by atoms with Gasteiger partial charge in [-0.05, 0) is 19.3 Å². The third-order valence-corrected chi connectivity index (χ3v) is 3.74. The van der Waals surface area contributed by atoms with Gasteiger partial charge >= 0.3 is 23.1 Å². The molecule has 0 unspecified atom stereocenters. The van der Waals surface area contributed by atoms with Gasteiger partial charge in [0.25, 0.3) is 0 Å². The Hall–Kier alpha value is 1.25. The first-order valence-electron chi connectivity index (χ1n) is 3.96. The summed E-state index contributed by atoms with van der Waals surface area (Å²) in [5.41, 5.74) is 0. The Kier molecular flexibility index (Phi) is 5.61. The molecule has 0 atom stereocenters. The van der Waals surface area contributed by atoms with Gasteiger partial charge in [-0.1, -0.05) is 42.1 Å². The molecule has 0 aromatic heterocycles. The quantitative estimate of drug-likeness (QED) is 0.467. The first-order chi connectivity index (χ1) is 4.27. The van der Waals surface area contributed by atoms with Gasteiger partial charge < -0.3 is 2.85 Å². The van der Waals surface area contributed by atoms with Gasteiger partial charge in [0.1, 0.15) is 0 Å². The van der Waals surface area contributed by atoms with Gasteiger partial charge in [-0.25, -0.2) is 0 Å². The van der Waals surface area contributed by atoms with E-state index in [1.54, 1.807) is 0 Å². The van der Waals surface area contributed by atoms with E-state index < -0.39 is 0 Å². The van der Waals surface area contributed by atoms with E-state index in [-0.39, 0.29) is 25.9 Å². The Balaban J connectivity index is -0.000000270. The topological polar surface area (TPSA) is 0 Å². The molecule has 1 rings (SSSR count). The number of rotatable bonds is 1. The molecular formula is C8H17BrMg. The van der Waals surface area contributed by atoms with Crippen molar-refractivity contribution < 1.29 is 2.85 Å². The van der Waals surface area contributed by atoms with Crippen LogP contribution in [-0.4, -0.2) is 27.4 Å². The molecule has 0 bridgehead atoms. The van der Waals surface area contributed by atoms with Gasteiger partial charge in [-0.2, -0.15) is 0 Å². The van der Waals surface area contributed by atoms with Gasteiger partial charge in [0, 0.05) is 4.32 Å². The zero-order chi connectivity index (χ0) is 6.74. The monoisotopic (exact) mass is 216 g/mol. The van der Waals surface area contributed by atoms with Crippen molar-refractivity contribution >= 4 is 39.0 Å². The van der Waals surface area contributed by atoms with Crippen LogP contribution in [0.4, 0.5) is 0 Å². The minimum atomic E-state index is 0. The maximum Gasteiger partial charge on any atom is 2.00 e. The minimum absolute atomic E-state index is 0. The van der Waals surface area contributed by atoms with Crippen LogP contribution in [0.3, 0.4) is 0 Å². The van der Waals surface area contributed by atoms with E-state index in [0.29, 0.717) is 4.32 Å². The molecule has 2 heteroatoms. The van der Waals surface area contributed by atoms with Crippen molar-refractivity contribution in [2.45, 2.75) is 49.8 Å². The summed E-state index contributed by atoms with van der Waals surface area (Å²) in [7, 11) is 0. The van der Waals surface area contributed by atoms with Gasteiger partial charge in [0.05, 0.1) is 0 Å². The van der Waals surface area contributed by atoms with Crippen LogP contribution < -0.4 is 0 Å². The number of alkyl halides is 1. The molecule has 0 heterocycles. The molecular weight excluding hydrogens is 200 g/mol. The average Bonchev–Trinajstić information content (AvgIpc) is 1.90. The SMILES string of the molecule is CCC1(Br)CCCCC1.[H-].[H-].[Mg+2]. The van der Waals surface area contributed by atoms with Crippen LogP contribution in [0.5, 0.6) is 0 Å². The zero-order valence-corrected chi connectivity index (χ0v) is 9.83. The van der Waals surface area contributed by atoms with E-state index in [0.717, 1.165) is 0 Å². The van der Waals surface area contributed by atoms with Gasteiger partial charge in [0.2, 0.25) is 0 Å². The molecule has 0 nitrogen and oxygen atoms in total. The molecule has 0 N–H and O–H groups in total. The first kappa shape index (κ1) is 11.2. The standard InChI is InChI=1S/C8H15Br.Mg.2H/c1-2-8(9)6-4-3-5-7-8;;;/h2-7H2,1H3;;;/q;+2;2*-1. The van der Waals surface area contributed by atoms with Crippen LogP contribution in [0.25, 0.3) is 0 Å². The molecule has 0 aliphatic heterocycles. The third kappa shape index (κ3) is 3.10. The third-order valence-electron chi connectivity index (χ3n) is 2.38. The van der Waals surface area contributed by atoms with Crippen LogP contribution in [0.1, 0.15) is 48.3 Å². The summed E-state index contributed by atoms with van der Waals surface area (Å²) < 4.78 is 0.533. The molecule has 1 aliphatic rings. The molecule has 0 aromatic carbocycles. The summed E-state index contributed by atoms with van der Waals surface area (Å²) in [6.07, 6.45) is 8.39. The Morgan fingerprint density at radius 3 is 2.10 bits per heavy atom. The number of halogens is 1. The van der Waals surface area contributed by atoms with Crippen molar-refractivity contribution in [3.05, 3.63) is 0 Å². The Morgan fingerprint density at radius 2 is 1.80 bits per heavy atom. The van der Waals surface area contributed by atoms with Gasteiger partial charge in [0.15, 0.2) is 0 Å². The molecule has 0 amide bonds. The largest absolute Gasteiger partial charge is 2.00 e. The van der Waals surface area contributed by atoms with E-state index >= 15 is 0 Å². The van der Waals surface area contributed by atoms with Crippen LogP contribution >= 0.6 is 15.9 Å². The first-order valence-corrected chi connectivity index (χ1v) is 4.75. The summed E-state index contributed by atoms with van der Waals surface area (Å²) in [4.78, 5) is 0. The van der Waals surface area contributed by atoms with Crippen molar-refractivity contribution in [3.63, 3.8) is 0 Å². The smallest absolute Gasteiger partial charge is 1.00 e. The fraction of sp³-hybridized carbons (Fsp3) is 1.00. The van der Waals surface area contributed by atoms with E-state index in [2.05, 4.69) is 22.9 Å². The number of hydrogen-bond acceptors (Lipinski definition) is 0. The minimum Gasteiger partial charge on any atom is -1.00 e. The van der Waals surface area contributed by atoms with Crippen molar-refractivity contribution in [3.8, 4) is 0 Å². The molecule has 0 aromatic rings. The Bertz CT molecular complexity index is 95.1. The number of hydrogen-bond donors (Lipinski definition) is 0. The van der Waals surface area contributed by atoms with Crippen LogP contribution in [0.15, 0.2) is 0 Å². The predicted octanol–water partition coefficient (Wildman–Crippen LogP) is 3.34. The summed E-state index contributed by atoms with van der Waals surface area (Å²) in [5, 5.41) is 0. The molecule has 1 aliphatic carbocycles. The molecule has 0 radical (unpaired) electrons. The van der Waals surface area contributed by atoms with Crippen molar-refractivity contribution in [2.75, 3.05) is 0 Å². The fourth-order valence-electron chi connectivity index (χ4n) is 1.54. The molecule has 1 fully saturated rings. The van der Waals surface area contributed by atoms with Crippen molar-refractivity contribution in [1.82, 2.24) is 0 Å². The second-order valence-corrected chi connectivity index (χ2v) is 4.75. The zero-order valence-electron chi connectivity index (χ0n) is 8.83. The van der Waals surface area contributed by atoms with E-state index in [9.17, 15) is 0 Å². The van der Waals surface area contributed by atoms with Crippen LogP contribution in [0.2, 0.25) is 0 Å². The second-order valence-electron chi connectivity index (χ2n) is 3.07. The molecule has 0 saturated heterocycles. The summed E-state index contributed by atoms with van der Waals surface area (Å²) in [5.74, 6) is 0. The Labute approximate surface area is 91.4 Å². The van der Waals surface area contributed by atoms with E-state index in [4.69, 9.17) is 0 Å². The molecule has 0 spiro atoms. The van der Waals surface area contributed by atoms with Gasteiger partial charge in [-0.3, -0.25) is 0 Å². The van der Waals surface area contributed by atoms with Crippen molar-refractivity contribution in [2.24, 2.45) is 0 Å². The Morgan fingerprint density at radius 1 is 1.30 bits per heavy atom. The van der Waals surface area contributed by atoms with Crippen LogP contribution in [-0.2, 0) is 0 Å². The van der Waals surface area contributed by atoms with Gasteiger partial charge in [-0.15, -0.1) is 0 Å². The summed E-state index contributed by atoms with van der Waals surface area (Å²) >= 11 is 3.79. The van der Waals surface area contributed by atoms with Crippen molar-refractivity contribution in [1.29, 1.82) is 0 Å². The average molecular weight is 217 g/mol. The van der Waals surface area contributed by atoms with E-state index in [1.165, 1.54) is 38.5 Å².